The number of aliphatic hydroxyl groups excluding tert-OH is 1. The fraction of sp³-hybridized carbons (Fsp3) is 0.133. The first-order chi connectivity index (χ1) is 8.20. The van der Waals surface area contributed by atoms with Crippen LogP contribution in [0.5, 0.6) is 0 Å². The smallest absolute Gasteiger partial charge is 0.195 e. The van der Waals surface area contributed by atoms with E-state index in [1.807, 2.05) is 31.2 Å². The molecular formula is C15H14O2. The summed E-state index contributed by atoms with van der Waals surface area (Å²) in [5, 5.41) is 10.1. The first-order valence-electron chi connectivity index (χ1n) is 5.53. The third-order valence-corrected chi connectivity index (χ3v) is 2.79. The second-order valence-corrected chi connectivity index (χ2v) is 3.99. The van der Waals surface area contributed by atoms with E-state index in [4.69, 9.17) is 0 Å². The molecular weight excluding hydrogens is 212 g/mol. The van der Waals surface area contributed by atoms with E-state index in [2.05, 4.69) is 0 Å². The first-order valence-corrected chi connectivity index (χ1v) is 5.53. The van der Waals surface area contributed by atoms with Crippen molar-refractivity contribution in [1.82, 2.24) is 0 Å². The van der Waals surface area contributed by atoms with Crippen molar-refractivity contribution in [2.75, 3.05) is 0 Å². The van der Waals surface area contributed by atoms with Crippen LogP contribution in [0.4, 0.5) is 0 Å². The van der Waals surface area contributed by atoms with Gasteiger partial charge in [-0.05, 0) is 18.1 Å². The second-order valence-electron chi connectivity index (χ2n) is 3.99. The molecule has 0 fully saturated rings. The molecule has 0 aliphatic rings. The van der Waals surface area contributed by atoms with Crippen LogP contribution in [0.15, 0.2) is 54.6 Å². The molecule has 2 heteroatoms. The molecule has 0 aromatic heterocycles. The minimum Gasteiger partial charge on any atom is -0.380 e. The number of carbonyl (C=O) groups is 1. The lowest BCUT2D eigenvalue weighted by Gasteiger charge is -2.12. The van der Waals surface area contributed by atoms with Gasteiger partial charge in [-0.15, -0.1) is 0 Å². The Hall–Kier alpha value is -1.93. The third-order valence-electron chi connectivity index (χ3n) is 2.79. The molecule has 0 amide bonds. The largest absolute Gasteiger partial charge is 0.380 e. The Morgan fingerprint density at radius 2 is 1.59 bits per heavy atom. The van der Waals surface area contributed by atoms with E-state index in [9.17, 15) is 9.90 Å². The van der Waals surface area contributed by atoms with Crippen LogP contribution < -0.4 is 0 Å². The maximum atomic E-state index is 12.0. The molecule has 86 valence electrons. The van der Waals surface area contributed by atoms with Crippen LogP contribution in [0.3, 0.4) is 0 Å². The first kappa shape index (κ1) is 11.6. The van der Waals surface area contributed by atoms with Crippen LogP contribution in [0.2, 0.25) is 0 Å². The van der Waals surface area contributed by atoms with Crippen molar-refractivity contribution in [3.63, 3.8) is 0 Å². The highest BCUT2D eigenvalue weighted by molar-refractivity contribution is 5.99. The highest BCUT2D eigenvalue weighted by atomic mass is 16.3. The van der Waals surface area contributed by atoms with Gasteiger partial charge in [0, 0.05) is 5.56 Å². The monoisotopic (exact) mass is 226 g/mol. The van der Waals surface area contributed by atoms with Crippen molar-refractivity contribution in [1.29, 1.82) is 0 Å². The molecule has 0 heterocycles. The molecule has 17 heavy (non-hydrogen) atoms. The molecule has 2 rings (SSSR count). The number of carbonyl (C=O) groups excluding carboxylic acids is 1. The molecule has 0 bridgehead atoms. The summed E-state index contributed by atoms with van der Waals surface area (Å²) in [4.78, 5) is 12.0. The van der Waals surface area contributed by atoms with E-state index < -0.39 is 6.10 Å². The normalized spacial score (nSPS) is 12.1. The molecule has 2 nitrogen and oxygen atoms in total. The number of hydrogen-bond donors (Lipinski definition) is 1. The molecule has 0 radical (unpaired) electrons. The van der Waals surface area contributed by atoms with Gasteiger partial charge in [-0.2, -0.15) is 0 Å². The Morgan fingerprint density at radius 1 is 1.00 bits per heavy atom. The van der Waals surface area contributed by atoms with Gasteiger partial charge < -0.3 is 5.11 Å². The Balaban J connectivity index is 2.30. The van der Waals surface area contributed by atoms with E-state index in [1.54, 1.807) is 30.3 Å². The molecule has 0 aliphatic carbocycles. The van der Waals surface area contributed by atoms with Gasteiger partial charge in [0.15, 0.2) is 5.78 Å². The highest BCUT2D eigenvalue weighted by Crippen LogP contribution is 2.21. The molecule has 0 unspecified atom stereocenters. The average molecular weight is 226 g/mol. The summed E-state index contributed by atoms with van der Waals surface area (Å²) in [5.74, 6) is -0.264. The zero-order valence-electron chi connectivity index (χ0n) is 9.63. The van der Waals surface area contributed by atoms with Crippen LogP contribution in [0.1, 0.15) is 27.6 Å². The van der Waals surface area contributed by atoms with E-state index in [0.717, 1.165) is 5.56 Å². The third kappa shape index (κ3) is 2.43. The SMILES string of the molecule is Cc1ccccc1[C@@H](O)C(=O)c1ccccc1. The Bertz CT molecular complexity index is 517. The predicted octanol–water partition coefficient (Wildman–Crippen LogP) is 2.91. The highest BCUT2D eigenvalue weighted by Gasteiger charge is 2.19. The molecule has 1 N–H and O–H groups in total. The summed E-state index contributed by atoms with van der Waals surface area (Å²) >= 11 is 0. The number of hydrogen-bond acceptors (Lipinski definition) is 2. The van der Waals surface area contributed by atoms with E-state index in [0.29, 0.717) is 11.1 Å². The minimum atomic E-state index is -1.08. The topological polar surface area (TPSA) is 37.3 Å². The van der Waals surface area contributed by atoms with E-state index >= 15 is 0 Å². The summed E-state index contributed by atoms with van der Waals surface area (Å²) in [7, 11) is 0. The molecule has 1 atom stereocenters. The van der Waals surface area contributed by atoms with Crippen molar-refractivity contribution >= 4 is 5.78 Å². The lowest BCUT2D eigenvalue weighted by molar-refractivity contribution is 0.0746. The zero-order valence-corrected chi connectivity index (χ0v) is 9.63. The number of rotatable bonds is 3. The maximum Gasteiger partial charge on any atom is 0.195 e. The summed E-state index contributed by atoms with van der Waals surface area (Å²) in [6.45, 7) is 1.89. The lowest BCUT2D eigenvalue weighted by Crippen LogP contribution is -2.13. The molecule has 0 spiro atoms. The van der Waals surface area contributed by atoms with Crippen LogP contribution in [0.25, 0.3) is 0 Å². The number of benzene rings is 2. The maximum absolute atomic E-state index is 12.0. The minimum absolute atomic E-state index is 0.264. The number of aliphatic hydroxyl groups is 1. The lowest BCUT2D eigenvalue weighted by atomic mass is 9.97. The average Bonchev–Trinajstić information content (AvgIpc) is 2.39. The molecule has 2 aromatic rings. The van der Waals surface area contributed by atoms with Gasteiger partial charge in [0.1, 0.15) is 6.10 Å². The zero-order chi connectivity index (χ0) is 12.3. The number of aryl methyl sites for hydroxylation is 1. The summed E-state index contributed by atoms with van der Waals surface area (Å²) in [6, 6.07) is 16.2. The van der Waals surface area contributed by atoms with E-state index in [-0.39, 0.29) is 5.78 Å². The van der Waals surface area contributed by atoms with Crippen LogP contribution in [-0.2, 0) is 0 Å². The predicted molar refractivity (Wildman–Crippen MR) is 66.9 cm³/mol. The fourth-order valence-electron chi connectivity index (χ4n) is 1.80. The Morgan fingerprint density at radius 3 is 2.24 bits per heavy atom. The van der Waals surface area contributed by atoms with Crippen LogP contribution in [0, 0.1) is 6.92 Å². The van der Waals surface area contributed by atoms with Crippen molar-refractivity contribution in [2.45, 2.75) is 13.0 Å². The van der Waals surface area contributed by atoms with Crippen molar-refractivity contribution in [3.8, 4) is 0 Å². The second kappa shape index (κ2) is 4.93. The van der Waals surface area contributed by atoms with Crippen LogP contribution >= 0.6 is 0 Å². The summed E-state index contributed by atoms with van der Waals surface area (Å²) < 4.78 is 0. The van der Waals surface area contributed by atoms with Crippen LogP contribution in [-0.4, -0.2) is 10.9 Å². The van der Waals surface area contributed by atoms with Gasteiger partial charge in [0.25, 0.3) is 0 Å². The van der Waals surface area contributed by atoms with Gasteiger partial charge in [0.05, 0.1) is 0 Å². The van der Waals surface area contributed by atoms with Gasteiger partial charge in [-0.3, -0.25) is 4.79 Å². The molecule has 0 saturated heterocycles. The molecule has 2 aromatic carbocycles. The molecule has 0 aliphatic heterocycles. The number of Topliss-reactive ketones (excluding diaryl/α,β-unsaturated/α-hetero) is 1. The standard InChI is InChI=1S/C15H14O2/c1-11-7-5-6-10-13(11)15(17)14(16)12-8-3-2-4-9-12/h2-10,15,17H,1H3/t15-/m1/s1. The Kier molecular flexibility index (Phi) is 3.35. The fourth-order valence-corrected chi connectivity index (χ4v) is 1.80. The number of ketones is 1. The summed E-state index contributed by atoms with van der Waals surface area (Å²) in [6.07, 6.45) is -1.08. The van der Waals surface area contributed by atoms with Gasteiger partial charge in [-0.1, -0.05) is 54.6 Å². The van der Waals surface area contributed by atoms with Crippen molar-refractivity contribution < 1.29 is 9.90 Å². The Labute approximate surface area is 101 Å². The van der Waals surface area contributed by atoms with Gasteiger partial charge in [-0.25, -0.2) is 0 Å². The van der Waals surface area contributed by atoms with Gasteiger partial charge in [0.2, 0.25) is 0 Å². The molecule has 0 saturated carbocycles. The van der Waals surface area contributed by atoms with Crippen molar-refractivity contribution in [2.24, 2.45) is 0 Å². The quantitative estimate of drug-likeness (QED) is 0.817. The van der Waals surface area contributed by atoms with Crippen molar-refractivity contribution in [3.05, 3.63) is 71.3 Å². The van der Waals surface area contributed by atoms with Gasteiger partial charge >= 0.3 is 0 Å². The summed E-state index contributed by atoms with van der Waals surface area (Å²) in [5.41, 5.74) is 2.12. The van der Waals surface area contributed by atoms with E-state index in [1.165, 1.54) is 0 Å².